The normalized spacial score (nSPS) is 11.1. The minimum atomic E-state index is -0.213. The summed E-state index contributed by atoms with van der Waals surface area (Å²) in [6, 6.07) is 41.3. The topological polar surface area (TPSA) is 130 Å². The molecule has 11 nitrogen and oxygen atoms in total. The first-order chi connectivity index (χ1) is 25.7. The SMILES string of the molecule is CC(CC(=O)Nc1ccc(N(C)C)cc1)=NNC(=O)Cc1ccccc1.COc1ccc(C=Nn2c(-c3ccccc3)nc3ccccc3c2=O)cc1. The lowest BCUT2D eigenvalue weighted by molar-refractivity contribution is -0.120. The maximum atomic E-state index is 13.0. The Labute approximate surface area is 308 Å². The predicted molar refractivity (Wildman–Crippen MR) is 213 cm³/mol. The molecule has 2 N–H and O–H groups in total. The highest BCUT2D eigenvalue weighted by molar-refractivity contribution is 6.05. The highest BCUT2D eigenvalue weighted by atomic mass is 16.5. The van der Waals surface area contributed by atoms with Crippen molar-refractivity contribution in [2.24, 2.45) is 10.2 Å². The second kappa shape index (κ2) is 18.4. The van der Waals surface area contributed by atoms with Crippen LogP contribution in [0.4, 0.5) is 11.4 Å². The van der Waals surface area contributed by atoms with Crippen LogP contribution < -0.4 is 25.9 Å². The minimum Gasteiger partial charge on any atom is -0.497 e. The van der Waals surface area contributed by atoms with Crippen LogP contribution in [0.2, 0.25) is 0 Å². The van der Waals surface area contributed by atoms with Crippen molar-refractivity contribution in [3.63, 3.8) is 0 Å². The fourth-order valence-electron chi connectivity index (χ4n) is 5.12. The number of fused-ring (bicyclic) bond motifs is 1. The molecule has 53 heavy (non-hydrogen) atoms. The average molecular weight is 708 g/mol. The lowest BCUT2D eigenvalue weighted by Crippen LogP contribution is -2.22. The summed E-state index contributed by atoms with van der Waals surface area (Å²) in [5, 5.41) is 11.8. The van der Waals surface area contributed by atoms with E-state index in [-0.39, 0.29) is 30.2 Å². The molecule has 0 bridgehead atoms. The van der Waals surface area contributed by atoms with Gasteiger partial charge < -0.3 is 15.0 Å². The molecular formula is C42H41N7O4. The molecule has 268 valence electrons. The van der Waals surface area contributed by atoms with Crippen LogP contribution in [0.3, 0.4) is 0 Å². The maximum Gasteiger partial charge on any atom is 0.282 e. The van der Waals surface area contributed by atoms with Crippen molar-refractivity contribution >= 4 is 46.0 Å². The van der Waals surface area contributed by atoms with Gasteiger partial charge in [0.15, 0.2) is 5.82 Å². The zero-order chi connectivity index (χ0) is 37.6. The molecule has 6 aromatic rings. The van der Waals surface area contributed by atoms with Crippen molar-refractivity contribution in [1.82, 2.24) is 15.1 Å². The smallest absolute Gasteiger partial charge is 0.282 e. The van der Waals surface area contributed by atoms with Crippen molar-refractivity contribution < 1.29 is 14.3 Å². The fourth-order valence-corrected chi connectivity index (χ4v) is 5.12. The molecule has 0 aliphatic heterocycles. The lowest BCUT2D eigenvalue weighted by atomic mass is 10.1. The van der Waals surface area contributed by atoms with Crippen LogP contribution in [0.1, 0.15) is 24.5 Å². The second-order valence-corrected chi connectivity index (χ2v) is 12.2. The molecule has 1 heterocycles. The number of hydrazone groups is 1. The third-order valence-corrected chi connectivity index (χ3v) is 7.89. The number of rotatable bonds is 11. The van der Waals surface area contributed by atoms with Gasteiger partial charge in [-0.15, -0.1) is 0 Å². The second-order valence-electron chi connectivity index (χ2n) is 12.2. The number of nitrogens with zero attached hydrogens (tertiary/aromatic N) is 5. The Morgan fingerprint density at radius 1 is 0.811 bits per heavy atom. The first kappa shape index (κ1) is 37.4. The first-order valence-corrected chi connectivity index (χ1v) is 16.9. The van der Waals surface area contributed by atoms with Gasteiger partial charge in [0.1, 0.15) is 5.75 Å². The van der Waals surface area contributed by atoms with Gasteiger partial charge in [-0.1, -0.05) is 72.8 Å². The zero-order valence-corrected chi connectivity index (χ0v) is 30.1. The molecule has 0 spiro atoms. The Kier molecular flexibility index (Phi) is 13.0. The third kappa shape index (κ3) is 10.8. The summed E-state index contributed by atoms with van der Waals surface area (Å²) in [4.78, 5) is 43.6. The van der Waals surface area contributed by atoms with E-state index in [4.69, 9.17) is 4.74 Å². The summed E-state index contributed by atoms with van der Waals surface area (Å²) in [5.74, 6) is 0.877. The van der Waals surface area contributed by atoms with E-state index in [0.29, 0.717) is 22.4 Å². The molecule has 5 aromatic carbocycles. The molecule has 0 unspecified atom stereocenters. The molecule has 2 amide bonds. The predicted octanol–water partition coefficient (Wildman–Crippen LogP) is 6.77. The summed E-state index contributed by atoms with van der Waals surface area (Å²) < 4.78 is 6.52. The summed E-state index contributed by atoms with van der Waals surface area (Å²) in [7, 11) is 5.54. The van der Waals surface area contributed by atoms with Crippen LogP contribution in [0.15, 0.2) is 148 Å². The number of carbonyl (C=O) groups excluding carboxylic acids is 2. The number of hydrogen-bond acceptors (Lipinski definition) is 8. The van der Waals surface area contributed by atoms with Crippen LogP contribution in [0.5, 0.6) is 5.75 Å². The van der Waals surface area contributed by atoms with Gasteiger partial charge >= 0.3 is 0 Å². The third-order valence-electron chi connectivity index (χ3n) is 7.89. The van der Waals surface area contributed by atoms with Crippen molar-refractivity contribution in [2.75, 3.05) is 31.4 Å². The molecule has 1 aromatic heterocycles. The van der Waals surface area contributed by atoms with E-state index < -0.39 is 0 Å². The highest BCUT2D eigenvalue weighted by Crippen LogP contribution is 2.19. The van der Waals surface area contributed by atoms with E-state index in [1.165, 1.54) is 4.68 Å². The molecule has 6 rings (SSSR count). The molecule has 0 aliphatic carbocycles. The number of aromatic nitrogens is 2. The monoisotopic (exact) mass is 707 g/mol. The highest BCUT2D eigenvalue weighted by Gasteiger charge is 2.12. The van der Waals surface area contributed by atoms with Crippen LogP contribution in [-0.2, 0) is 16.0 Å². The number of ether oxygens (including phenoxy) is 1. The molecule has 0 aliphatic rings. The van der Waals surface area contributed by atoms with Gasteiger partial charge in [-0.2, -0.15) is 14.9 Å². The number of hydrogen-bond donors (Lipinski definition) is 2. The van der Waals surface area contributed by atoms with E-state index in [1.54, 1.807) is 26.3 Å². The standard InChI is InChI=1S/C22H17N3O2.C20H24N4O2/c1-27-18-13-11-16(12-14-18)15-23-25-21(17-7-3-2-4-8-17)24-20-10-6-5-9-19(20)22(25)26;1-15(22-23-20(26)14-16-7-5-4-6-8-16)13-19(25)21-17-9-11-18(12-10-17)24(2)3/h2-15H,1H3;4-12H,13-14H2,1-3H3,(H,21,25)(H,23,26). The largest absolute Gasteiger partial charge is 0.497 e. The van der Waals surface area contributed by atoms with Crippen LogP contribution in [0.25, 0.3) is 22.3 Å². The van der Waals surface area contributed by atoms with E-state index >= 15 is 0 Å². The van der Waals surface area contributed by atoms with E-state index in [9.17, 15) is 14.4 Å². The van der Waals surface area contributed by atoms with E-state index in [0.717, 1.165) is 33.8 Å². The molecule has 11 heteroatoms. The summed E-state index contributed by atoms with van der Waals surface area (Å²) >= 11 is 0. The van der Waals surface area contributed by atoms with Crippen LogP contribution in [0, 0.1) is 0 Å². The lowest BCUT2D eigenvalue weighted by Gasteiger charge is -2.13. The minimum absolute atomic E-state index is 0.112. The van der Waals surface area contributed by atoms with Gasteiger partial charge in [-0.05, 0) is 78.7 Å². The summed E-state index contributed by atoms with van der Waals surface area (Å²) in [6.07, 6.45) is 2.01. The molecular weight excluding hydrogens is 667 g/mol. The Morgan fingerprint density at radius 3 is 2.11 bits per heavy atom. The van der Waals surface area contributed by atoms with Gasteiger partial charge in [-0.3, -0.25) is 14.4 Å². The molecule has 0 saturated carbocycles. The van der Waals surface area contributed by atoms with Crippen molar-refractivity contribution in [2.45, 2.75) is 19.8 Å². The maximum absolute atomic E-state index is 13.0. The van der Waals surface area contributed by atoms with Gasteiger partial charge in [0.05, 0.1) is 37.1 Å². The number of anilines is 2. The molecule has 0 radical (unpaired) electrons. The Hall–Kier alpha value is -6.88. The van der Waals surface area contributed by atoms with Crippen molar-refractivity contribution in [1.29, 1.82) is 0 Å². The average Bonchev–Trinajstić information content (AvgIpc) is 3.18. The quantitative estimate of drug-likeness (QED) is 0.113. The summed E-state index contributed by atoms with van der Waals surface area (Å²) in [6.45, 7) is 1.71. The number of amides is 2. The number of nitrogens with one attached hydrogen (secondary N) is 2. The first-order valence-electron chi connectivity index (χ1n) is 16.9. The Bertz CT molecular complexity index is 2250. The van der Waals surface area contributed by atoms with Gasteiger partial charge in [0.2, 0.25) is 11.8 Å². The summed E-state index contributed by atoms with van der Waals surface area (Å²) in [5.41, 5.74) is 7.84. The zero-order valence-electron chi connectivity index (χ0n) is 30.1. The fraction of sp³-hybridized carbons (Fsp3) is 0.143. The number of para-hydroxylation sites is 1. The van der Waals surface area contributed by atoms with Gasteiger partial charge in [0.25, 0.3) is 5.56 Å². The number of methoxy groups -OCH3 is 1. The van der Waals surface area contributed by atoms with Crippen LogP contribution in [-0.4, -0.2) is 54.6 Å². The van der Waals surface area contributed by atoms with E-state index in [2.05, 4.69) is 25.9 Å². The number of carbonyl (C=O) groups is 2. The van der Waals surface area contributed by atoms with Gasteiger partial charge in [0, 0.05) is 36.7 Å². The molecule has 0 saturated heterocycles. The molecule has 0 atom stereocenters. The number of benzene rings is 5. The molecule has 0 fully saturated rings. The van der Waals surface area contributed by atoms with Crippen molar-refractivity contribution in [3.05, 3.63) is 155 Å². The van der Waals surface area contributed by atoms with E-state index in [1.807, 2.05) is 146 Å². The van der Waals surface area contributed by atoms with Gasteiger partial charge in [-0.25, -0.2) is 10.4 Å². The Balaban J connectivity index is 0.000000205. The van der Waals surface area contributed by atoms with Crippen molar-refractivity contribution in [3.8, 4) is 17.1 Å². The Morgan fingerprint density at radius 2 is 1.45 bits per heavy atom. The van der Waals surface area contributed by atoms with Crippen LogP contribution >= 0.6 is 0 Å².